The van der Waals surface area contributed by atoms with Gasteiger partial charge in [0.2, 0.25) is 0 Å². The molecule has 2 aromatic rings. The normalized spacial score (nSPS) is 16.8. The maximum Gasteiger partial charge on any atom is 0.133 e. The van der Waals surface area contributed by atoms with Gasteiger partial charge in [0.1, 0.15) is 17.6 Å². The molecule has 0 aliphatic heterocycles. The topological polar surface area (TPSA) is 54.6 Å². The molecule has 1 atom stereocenters. The van der Waals surface area contributed by atoms with Gasteiger partial charge in [-0.3, -0.25) is 0 Å². The van der Waals surface area contributed by atoms with Crippen LogP contribution in [0.25, 0.3) is 0 Å². The molecule has 0 saturated heterocycles. The Balaban J connectivity index is 1.47. The molecule has 1 aromatic heterocycles. The summed E-state index contributed by atoms with van der Waals surface area (Å²) in [4.78, 5) is 0. The first kappa shape index (κ1) is 15.1. The van der Waals surface area contributed by atoms with Gasteiger partial charge in [-0.1, -0.05) is 12.1 Å². The molecule has 22 heavy (non-hydrogen) atoms. The molecule has 4 heteroatoms. The van der Waals surface area contributed by atoms with Gasteiger partial charge in [0, 0.05) is 13.1 Å². The van der Waals surface area contributed by atoms with Crippen LogP contribution >= 0.6 is 0 Å². The van der Waals surface area contributed by atoms with Crippen LogP contribution in [0, 0.1) is 0 Å². The molecule has 1 heterocycles. The van der Waals surface area contributed by atoms with Crippen LogP contribution < -0.4 is 10.1 Å². The summed E-state index contributed by atoms with van der Waals surface area (Å²) in [6.45, 7) is 1.15. The van der Waals surface area contributed by atoms with E-state index in [0.29, 0.717) is 25.0 Å². The molecule has 1 unspecified atom stereocenters. The molecule has 4 nitrogen and oxygen atoms in total. The lowest BCUT2D eigenvalue weighted by Gasteiger charge is -2.14. The molecule has 1 fully saturated rings. The monoisotopic (exact) mass is 301 g/mol. The van der Waals surface area contributed by atoms with Crippen LogP contribution in [0.1, 0.15) is 43.1 Å². The van der Waals surface area contributed by atoms with Crippen molar-refractivity contribution in [3.05, 3.63) is 54.0 Å². The van der Waals surface area contributed by atoms with Crippen molar-refractivity contribution in [2.75, 3.05) is 6.54 Å². The zero-order valence-corrected chi connectivity index (χ0v) is 12.7. The number of hydrogen-bond acceptors (Lipinski definition) is 4. The largest absolute Gasteiger partial charge is 0.490 e. The van der Waals surface area contributed by atoms with Crippen molar-refractivity contribution >= 4 is 0 Å². The average molecular weight is 301 g/mol. The van der Waals surface area contributed by atoms with E-state index in [9.17, 15) is 5.11 Å². The zero-order chi connectivity index (χ0) is 15.2. The molecule has 1 aliphatic carbocycles. The molecule has 0 spiro atoms. The Kier molecular flexibility index (Phi) is 5.14. The van der Waals surface area contributed by atoms with E-state index in [4.69, 9.17) is 9.15 Å². The summed E-state index contributed by atoms with van der Waals surface area (Å²) < 4.78 is 11.2. The smallest absolute Gasteiger partial charge is 0.133 e. The number of rotatable bonds is 7. The van der Waals surface area contributed by atoms with Crippen molar-refractivity contribution in [3.8, 4) is 5.75 Å². The van der Waals surface area contributed by atoms with E-state index in [-0.39, 0.29) is 0 Å². The second-order valence-corrected chi connectivity index (χ2v) is 5.83. The second-order valence-electron chi connectivity index (χ2n) is 5.83. The van der Waals surface area contributed by atoms with Crippen molar-refractivity contribution < 1.29 is 14.3 Å². The molecule has 118 valence electrons. The van der Waals surface area contributed by atoms with E-state index < -0.39 is 6.10 Å². The number of benzene rings is 1. The molecule has 2 N–H and O–H groups in total. The predicted molar refractivity (Wildman–Crippen MR) is 84.7 cm³/mol. The summed E-state index contributed by atoms with van der Waals surface area (Å²) in [6, 6.07) is 11.7. The molecule has 3 rings (SSSR count). The molecule has 0 radical (unpaired) electrons. The fourth-order valence-corrected chi connectivity index (χ4v) is 2.86. The van der Waals surface area contributed by atoms with Crippen molar-refractivity contribution in [3.63, 3.8) is 0 Å². The minimum absolute atomic E-state index is 0.379. The molecule has 1 aliphatic rings. The fraction of sp³-hybridized carbons (Fsp3) is 0.444. The first-order valence-corrected chi connectivity index (χ1v) is 7.99. The SMILES string of the molecule is OC(CNCc1cccc(OC2CCCC2)c1)c1ccco1. The van der Waals surface area contributed by atoms with E-state index >= 15 is 0 Å². The van der Waals surface area contributed by atoms with Crippen LogP contribution in [0.2, 0.25) is 0 Å². The van der Waals surface area contributed by atoms with Crippen LogP contribution in [0.4, 0.5) is 0 Å². The van der Waals surface area contributed by atoms with Crippen LogP contribution in [0.5, 0.6) is 5.75 Å². The number of aliphatic hydroxyl groups excluding tert-OH is 1. The number of nitrogens with one attached hydrogen (secondary N) is 1. The highest BCUT2D eigenvalue weighted by Crippen LogP contribution is 2.24. The summed E-state index contributed by atoms with van der Waals surface area (Å²) >= 11 is 0. The lowest BCUT2D eigenvalue weighted by atomic mass is 10.2. The van der Waals surface area contributed by atoms with Gasteiger partial charge in [0.25, 0.3) is 0 Å². The summed E-state index contributed by atoms with van der Waals surface area (Å²) in [5, 5.41) is 13.2. The maximum absolute atomic E-state index is 9.95. The predicted octanol–water partition coefficient (Wildman–Crippen LogP) is 3.42. The van der Waals surface area contributed by atoms with Gasteiger partial charge >= 0.3 is 0 Å². The lowest BCUT2D eigenvalue weighted by molar-refractivity contribution is 0.147. The van der Waals surface area contributed by atoms with Crippen molar-refractivity contribution in [2.24, 2.45) is 0 Å². The minimum Gasteiger partial charge on any atom is -0.490 e. The van der Waals surface area contributed by atoms with Crippen molar-refractivity contribution in [1.82, 2.24) is 5.32 Å². The average Bonchev–Trinajstić information content (AvgIpc) is 3.21. The number of hydrogen-bond donors (Lipinski definition) is 2. The Morgan fingerprint density at radius 2 is 2.09 bits per heavy atom. The van der Waals surface area contributed by atoms with Gasteiger partial charge < -0.3 is 19.6 Å². The van der Waals surface area contributed by atoms with E-state index in [1.54, 1.807) is 18.4 Å². The first-order valence-electron chi connectivity index (χ1n) is 7.99. The van der Waals surface area contributed by atoms with E-state index in [1.807, 2.05) is 12.1 Å². The third-order valence-corrected chi connectivity index (χ3v) is 4.04. The highest BCUT2D eigenvalue weighted by molar-refractivity contribution is 5.28. The highest BCUT2D eigenvalue weighted by atomic mass is 16.5. The van der Waals surface area contributed by atoms with Gasteiger partial charge in [0.15, 0.2) is 0 Å². The molecular formula is C18H23NO3. The fourth-order valence-electron chi connectivity index (χ4n) is 2.86. The zero-order valence-electron chi connectivity index (χ0n) is 12.7. The molecule has 1 aromatic carbocycles. The molecular weight excluding hydrogens is 278 g/mol. The summed E-state index contributed by atoms with van der Waals surface area (Å²) in [6.07, 6.45) is 6.21. The van der Waals surface area contributed by atoms with E-state index in [2.05, 4.69) is 17.4 Å². The number of ether oxygens (including phenoxy) is 1. The highest BCUT2D eigenvalue weighted by Gasteiger charge is 2.16. The van der Waals surface area contributed by atoms with Crippen LogP contribution in [0.15, 0.2) is 47.1 Å². The standard InChI is InChI=1S/C18H23NO3/c20-17(18-9-4-10-21-18)13-19-12-14-5-3-8-16(11-14)22-15-6-1-2-7-15/h3-5,8-11,15,17,19-20H,1-2,6-7,12-13H2. The lowest BCUT2D eigenvalue weighted by Crippen LogP contribution is -2.20. The quantitative estimate of drug-likeness (QED) is 0.822. The minimum atomic E-state index is -0.618. The first-order chi connectivity index (χ1) is 10.8. The Morgan fingerprint density at radius 3 is 2.86 bits per heavy atom. The maximum atomic E-state index is 9.95. The Bertz CT molecular complexity index is 561. The van der Waals surface area contributed by atoms with E-state index in [0.717, 1.165) is 24.2 Å². The van der Waals surface area contributed by atoms with Gasteiger partial charge in [0.05, 0.1) is 12.4 Å². The van der Waals surface area contributed by atoms with Gasteiger partial charge in [-0.2, -0.15) is 0 Å². The van der Waals surface area contributed by atoms with Crippen LogP contribution in [-0.4, -0.2) is 17.8 Å². The van der Waals surface area contributed by atoms with Gasteiger partial charge in [-0.25, -0.2) is 0 Å². The van der Waals surface area contributed by atoms with Gasteiger partial charge in [-0.05, 0) is 55.5 Å². The second kappa shape index (κ2) is 7.47. The third-order valence-electron chi connectivity index (χ3n) is 4.04. The Labute approximate surface area is 131 Å². The molecule has 1 saturated carbocycles. The van der Waals surface area contributed by atoms with Crippen molar-refractivity contribution in [2.45, 2.75) is 44.4 Å². The Morgan fingerprint density at radius 1 is 1.23 bits per heavy atom. The van der Waals surface area contributed by atoms with E-state index in [1.165, 1.54) is 12.8 Å². The summed E-state index contributed by atoms with van der Waals surface area (Å²) in [5.41, 5.74) is 1.15. The molecule has 0 bridgehead atoms. The summed E-state index contributed by atoms with van der Waals surface area (Å²) in [7, 11) is 0. The van der Waals surface area contributed by atoms with Crippen LogP contribution in [-0.2, 0) is 6.54 Å². The summed E-state index contributed by atoms with van der Waals surface area (Å²) in [5.74, 6) is 1.53. The number of aliphatic hydroxyl groups is 1. The van der Waals surface area contributed by atoms with Gasteiger partial charge in [-0.15, -0.1) is 0 Å². The van der Waals surface area contributed by atoms with Crippen LogP contribution in [0.3, 0.4) is 0 Å². The molecule has 0 amide bonds. The third kappa shape index (κ3) is 4.12. The Hall–Kier alpha value is -1.78. The van der Waals surface area contributed by atoms with Crippen molar-refractivity contribution in [1.29, 1.82) is 0 Å². The number of furan rings is 1.